The molecule has 1 N–H and O–H groups in total. The van der Waals surface area contributed by atoms with E-state index in [0.717, 1.165) is 17.0 Å². The van der Waals surface area contributed by atoms with Crippen LogP contribution in [0.15, 0.2) is 0 Å². The van der Waals surface area contributed by atoms with Crippen molar-refractivity contribution in [3.05, 3.63) is 0 Å². The topological polar surface area (TPSA) is 20.2 Å². The van der Waals surface area contributed by atoms with Crippen molar-refractivity contribution in [1.82, 2.24) is 0 Å². The average molecular weight is 311 g/mol. The fraction of sp³-hybridized carbons (Fsp3) is 1.00. The largest absolute Gasteiger partial charge is 0.362 e. The quantitative estimate of drug-likeness (QED) is 0.636. The van der Waals surface area contributed by atoms with Crippen molar-refractivity contribution >= 4 is 7.26 Å². The van der Waals surface area contributed by atoms with E-state index in [2.05, 4.69) is 0 Å². The number of aliphatic hydroxyl groups is 1. The molecule has 0 amide bonds. The standard InChI is InChI=1S/C19H36OP/c20-16-21(17-10-4-1-5-11-17,18-12-6-2-7-13-18)19-14-8-3-9-15-19/h17-20H,1-16H2/q+1. The van der Waals surface area contributed by atoms with Crippen LogP contribution in [-0.4, -0.2) is 28.4 Å². The normalized spacial score (nSPS) is 27.9. The van der Waals surface area contributed by atoms with E-state index in [1.807, 2.05) is 0 Å². The van der Waals surface area contributed by atoms with E-state index < -0.39 is 7.26 Å². The van der Waals surface area contributed by atoms with Crippen LogP contribution < -0.4 is 0 Å². The van der Waals surface area contributed by atoms with Gasteiger partial charge in [-0.1, -0.05) is 19.3 Å². The highest BCUT2D eigenvalue weighted by atomic mass is 31.2. The molecule has 3 fully saturated rings. The van der Waals surface area contributed by atoms with Gasteiger partial charge in [-0.2, -0.15) is 0 Å². The van der Waals surface area contributed by atoms with Crippen LogP contribution in [0, 0.1) is 0 Å². The van der Waals surface area contributed by atoms with Crippen LogP contribution in [0.1, 0.15) is 96.3 Å². The van der Waals surface area contributed by atoms with Crippen molar-refractivity contribution in [3.63, 3.8) is 0 Å². The summed E-state index contributed by atoms with van der Waals surface area (Å²) in [5, 5.41) is 10.7. The van der Waals surface area contributed by atoms with E-state index in [4.69, 9.17) is 0 Å². The van der Waals surface area contributed by atoms with Gasteiger partial charge in [0.25, 0.3) is 0 Å². The van der Waals surface area contributed by atoms with Crippen molar-refractivity contribution in [1.29, 1.82) is 0 Å². The van der Waals surface area contributed by atoms with Crippen LogP contribution in [-0.2, 0) is 0 Å². The third kappa shape index (κ3) is 3.35. The molecule has 0 unspecified atom stereocenters. The first-order chi connectivity index (χ1) is 10.4. The van der Waals surface area contributed by atoms with Crippen molar-refractivity contribution in [2.24, 2.45) is 0 Å². The maximum absolute atomic E-state index is 10.7. The van der Waals surface area contributed by atoms with Crippen LogP contribution in [0.3, 0.4) is 0 Å². The summed E-state index contributed by atoms with van der Waals surface area (Å²) in [7, 11) is -1.15. The summed E-state index contributed by atoms with van der Waals surface area (Å²) in [6.45, 7) is 0. The first-order valence-corrected chi connectivity index (χ1v) is 12.0. The van der Waals surface area contributed by atoms with Crippen molar-refractivity contribution in [3.8, 4) is 0 Å². The highest BCUT2D eigenvalue weighted by Gasteiger charge is 2.56. The summed E-state index contributed by atoms with van der Waals surface area (Å²) in [5.74, 6) is 0. The van der Waals surface area contributed by atoms with E-state index in [-0.39, 0.29) is 0 Å². The van der Waals surface area contributed by atoms with Crippen LogP contribution in [0.4, 0.5) is 0 Å². The molecule has 0 aromatic rings. The predicted molar refractivity (Wildman–Crippen MR) is 94.6 cm³/mol. The molecule has 0 radical (unpaired) electrons. The van der Waals surface area contributed by atoms with Gasteiger partial charge >= 0.3 is 0 Å². The lowest BCUT2D eigenvalue weighted by atomic mass is 9.99. The molecular weight excluding hydrogens is 275 g/mol. The highest BCUT2D eigenvalue weighted by Crippen LogP contribution is 2.76. The molecule has 0 saturated heterocycles. The molecule has 0 bridgehead atoms. The first-order valence-electron chi connectivity index (χ1n) is 9.86. The van der Waals surface area contributed by atoms with E-state index in [0.29, 0.717) is 6.35 Å². The fourth-order valence-electron chi connectivity index (χ4n) is 5.93. The molecule has 1 nitrogen and oxygen atoms in total. The maximum atomic E-state index is 10.7. The molecule has 0 aromatic heterocycles. The zero-order chi connectivity index (χ0) is 14.5. The van der Waals surface area contributed by atoms with Gasteiger partial charge in [-0.05, 0) is 77.0 Å². The first kappa shape index (κ1) is 16.3. The molecule has 0 aliphatic heterocycles. The summed E-state index contributed by atoms with van der Waals surface area (Å²) in [5.41, 5.74) is 2.84. The van der Waals surface area contributed by atoms with Gasteiger partial charge in [0, 0.05) is 7.26 Å². The van der Waals surface area contributed by atoms with Gasteiger partial charge in [0.1, 0.15) is 0 Å². The molecule has 0 atom stereocenters. The Balaban J connectivity index is 1.85. The maximum Gasteiger partial charge on any atom is 0.154 e. The Bertz CT molecular complexity index is 253. The number of aliphatic hydroxyl groups excluding tert-OH is 1. The van der Waals surface area contributed by atoms with E-state index in [9.17, 15) is 5.11 Å². The summed E-state index contributed by atoms with van der Waals surface area (Å²) >= 11 is 0. The lowest BCUT2D eigenvalue weighted by Crippen LogP contribution is -2.37. The van der Waals surface area contributed by atoms with Gasteiger partial charge in [-0.25, -0.2) is 0 Å². The Kier molecular flexibility index (Phi) is 6.02. The molecule has 122 valence electrons. The van der Waals surface area contributed by atoms with Crippen LogP contribution in [0.2, 0.25) is 0 Å². The molecule has 0 heterocycles. The second-order valence-corrected chi connectivity index (χ2v) is 12.5. The summed E-state index contributed by atoms with van der Waals surface area (Å²) in [4.78, 5) is 0. The Morgan fingerprint density at radius 2 is 0.810 bits per heavy atom. The SMILES string of the molecule is OC[P+](C1CCCCC1)(C1CCCCC1)C1CCCCC1. The van der Waals surface area contributed by atoms with Gasteiger partial charge in [0.2, 0.25) is 0 Å². The monoisotopic (exact) mass is 311 g/mol. The van der Waals surface area contributed by atoms with E-state index >= 15 is 0 Å². The predicted octanol–water partition coefficient (Wildman–Crippen LogP) is 5.95. The molecule has 3 aliphatic rings. The van der Waals surface area contributed by atoms with Gasteiger partial charge in [-0.3, -0.25) is 0 Å². The fourth-order valence-corrected chi connectivity index (χ4v) is 12.4. The lowest BCUT2D eigenvalue weighted by molar-refractivity contribution is 0.347. The Morgan fingerprint density at radius 3 is 1.05 bits per heavy atom. The summed E-state index contributed by atoms with van der Waals surface area (Å²) in [6.07, 6.45) is 22.4. The molecule has 3 rings (SSSR count). The van der Waals surface area contributed by atoms with Crippen LogP contribution >= 0.6 is 7.26 Å². The van der Waals surface area contributed by atoms with Gasteiger partial charge in [0.05, 0.1) is 17.0 Å². The number of rotatable bonds is 4. The van der Waals surface area contributed by atoms with E-state index in [1.54, 1.807) is 0 Å². The van der Waals surface area contributed by atoms with E-state index in [1.165, 1.54) is 96.3 Å². The average Bonchev–Trinajstić information content (AvgIpc) is 2.59. The van der Waals surface area contributed by atoms with Crippen LogP contribution in [0.5, 0.6) is 0 Å². The minimum Gasteiger partial charge on any atom is -0.362 e. The molecule has 0 spiro atoms. The summed E-state index contributed by atoms with van der Waals surface area (Å²) in [6, 6.07) is 0. The molecular formula is C19H36OP+. The minimum atomic E-state index is -1.15. The second kappa shape index (κ2) is 7.78. The minimum absolute atomic E-state index is 0.604. The molecule has 2 heteroatoms. The Hall–Kier alpha value is 0.390. The third-order valence-corrected chi connectivity index (χ3v) is 13.1. The molecule has 3 saturated carbocycles. The third-order valence-electron chi connectivity index (χ3n) is 7.01. The summed E-state index contributed by atoms with van der Waals surface area (Å²) < 4.78 is 0. The van der Waals surface area contributed by atoms with Gasteiger partial charge < -0.3 is 5.11 Å². The zero-order valence-electron chi connectivity index (χ0n) is 13.9. The molecule has 3 aliphatic carbocycles. The zero-order valence-corrected chi connectivity index (χ0v) is 14.8. The highest BCUT2D eigenvalue weighted by molar-refractivity contribution is 7.77. The number of hydrogen-bond donors (Lipinski definition) is 1. The van der Waals surface area contributed by atoms with Crippen molar-refractivity contribution in [2.75, 3.05) is 6.35 Å². The second-order valence-electron chi connectivity index (χ2n) is 8.01. The Morgan fingerprint density at radius 1 is 0.524 bits per heavy atom. The van der Waals surface area contributed by atoms with Crippen molar-refractivity contribution < 1.29 is 5.11 Å². The van der Waals surface area contributed by atoms with Crippen molar-refractivity contribution in [2.45, 2.75) is 113 Å². The molecule has 0 aromatic carbocycles. The number of hydrogen-bond acceptors (Lipinski definition) is 1. The molecule has 21 heavy (non-hydrogen) atoms. The van der Waals surface area contributed by atoms with Gasteiger partial charge in [0.15, 0.2) is 6.35 Å². The van der Waals surface area contributed by atoms with Gasteiger partial charge in [-0.15, -0.1) is 0 Å². The van der Waals surface area contributed by atoms with Crippen LogP contribution in [0.25, 0.3) is 0 Å². The Labute approximate surface area is 132 Å². The lowest BCUT2D eigenvalue weighted by Gasteiger charge is -2.47. The smallest absolute Gasteiger partial charge is 0.154 e.